The van der Waals surface area contributed by atoms with Crippen LogP contribution in [0.4, 0.5) is 5.82 Å². The second kappa shape index (κ2) is 8.47. The van der Waals surface area contributed by atoms with E-state index >= 15 is 0 Å². The number of likely N-dealkylation sites (tertiary alicyclic amines) is 1. The summed E-state index contributed by atoms with van der Waals surface area (Å²) in [5, 5.41) is 0. The van der Waals surface area contributed by atoms with Crippen molar-refractivity contribution in [3.63, 3.8) is 0 Å². The largest absolute Gasteiger partial charge is 0.368 e. The normalized spacial score (nSPS) is 23.9. The minimum atomic E-state index is -0.254. The smallest absolute Gasteiger partial charge is 0.251 e. The number of piperidine rings is 1. The SMILES string of the molecule is Cc1cccnc1N1CCN(C(=O)C2CCN(C(=O)[C@@H]3CCCO3)CC2)CC1. The van der Waals surface area contributed by atoms with Crippen LogP contribution in [0.25, 0.3) is 0 Å². The van der Waals surface area contributed by atoms with Crippen molar-refractivity contribution in [3.8, 4) is 0 Å². The molecule has 3 saturated heterocycles. The molecule has 0 unspecified atom stereocenters. The third-order valence-electron chi connectivity index (χ3n) is 6.23. The molecule has 0 radical (unpaired) electrons. The van der Waals surface area contributed by atoms with E-state index in [1.807, 2.05) is 22.1 Å². The Hall–Kier alpha value is -2.15. The van der Waals surface area contributed by atoms with Crippen molar-refractivity contribution in [1.82, 2.24) is 14.8 Å². The van der Waals surface area contributed by atoms with Gasteiger partial charge in [-0.25, -0.2) is 4.98 Å². The Morgan fingerprint density at radius 3 is 2.36 bits per heavy atom. The van der Waals surface area contributed by atoms with Crippen molar-refractivity contribution >= 4 is 17.6 Å². The first-order chi connectivity index (χ1) is 13.6. The van der Waals surface area contributed by atoms with E-state index in [-0.39, 0.29) is 23.8 Å². The number of piperazine rings is 1. The van der Waals surface area contributed by atoms with Crippen molar-refractivity contribution in [3.05, 3.63) is 23.9 Å². The summed E-state index contributed by atoms with van der Waals surface area (Å²) in [6.45, 7) is 7.22. The minimum Gasteiger partial charge on any atom is -0.368 e. The summed E-state index contributed by atoms with van der Waals surface area (Å²) in [7, 11) is 0. The molecule has 1 aromatic rings. The summed E-state index contributed by atoms with van der Waals surface area (Å²) < 4.78 is 5.52. The lowest BCUT2D eigenvalue weighted by Gasteiger charge is -2.39. The van der Waals surface area contributed by atoms with Gasteiger partial charge in [0.1, 0.15) is 11.9 Å². The van der Waals surface area contributed by atoms with Gasteiger partial charge in [0.05, 0.1) is 0 Å². The maximum atomic E-state index is 13.0. The van der Waals surface area contributed by atoms with Gasteiger partial charge in [-0.15, -0.1) is 0 Å². The van der Waals surface area contributed by atoms with Crippen molar-refractivity contribution in [2.45, 2.75) is 38.7 Å². The van der Waals surface area contributed by atoms with Crippen LogP contribution in [0.3, 0.4) is 0 Å². The van der Waals surface area contributed by atoms with Gasteiger partial charge in [0, 0.05) is 58.0 Å². The quantitative estimate of drug-likeness (QED) is 0.787. The number of hydrogen-bond acceptors (Lipinski definition) is 5. The second-order valence-electron chi connectivity index (χ2n) is 8.06. The van der Waals surface area contributed by atoms with Crippen LogP contribution in [0.1, 0.15) is 31.2 Å². The monoisotopic (exact) mass is 386 g/mol. The van der Waals surface area contributed by atoms with Crippen LogP contribution in [0.2, 0.25) is 0 Å². The lowest BCUT2D eigenvalue weighted by Crippen LogP contribution is -2.52. The lowest BCUT2D eigenvalue weighted by molar-refractivity contribution is -0.146. The molecule has 1 atom stereocenters. The van der Waals surface area contributed by atoms with Gasteiger partial charge < -0.3 is 19.4 Å². The molecular weight excluding hydrogens is 356 g/mol. The van der Waals surface area contributed by atoms with E-state index in [2.05, 4.69) is 22.9 Å². The van der Waals surface area contributed by atoms with Gasteiger partial charge in [0.15, 0.2) is 0 Å². The average molecular weight is 386 g/mol. The number of aryl methyl sites for hydroxylation is 1. The fourth-order valence-electron chi connectivity index (χ4n) is 4.53. The van der Waals surface area contributed by atoms with Crippen molar-refractivity contribution in [2.75, 3.05) is 50.8 Å². The summed E-state index contributed by atoms with van der Waals surface area (Å²) in [6, 6.07) is 4.03. The van der Waals surface area contributed by atoms with Gasteiger partial charge in [-0.2, -0.15) is 0 Å². The first-order valence-corrected chi connectivity index (χ1v) is 10.5. The molecule has 3 fully saturated rings. The number of nitrogens with zero attached hydrogens (tertiary/aromatic N) is 4. The van der Waals surface area contributed by atoms with Crippen molar-refractivity contribution in [1.29, 1.82) is 0 Å². The Labute approximate surface area is 166 Å². The Balaban J connectivity index is 1.26. The molecule has 2 amide bonds. The van der Waals surface area contributed by atoms with E-state index in [0.717, 1.165) is 57.7 Å². The zero-order valence-corrected chi connectivity index (χ0v) is 16.7. The predicted octanol–water partition coefficient (Wildman–Crippen LogP) is 1.46. The Kier molecular flexibility index (Phi) is 5.80. The lowest BCUT2D eigenvalue weighted by atomic mass is 9.94. The Morgan fingerprint density at radius 1 is 1.00 bits per heavy atom. The summed E-state index contributed by atoms with van der Waals surface area (Å²) in [5.74, 6) is 1.43. The molecule has 152 valence electrons. The highest BCUT2D eigenvalue weighted by Gasteiger charge is 2.34. The molecule has 4 rings (SSSR count). The van der Waals surface area contributed by atoms with Crippen molar-refractivity contribution in [2.24, 2.45) is 5.92 Å². The molecule has 1 aromatic heterocycles. The topological polar surface area (TPSA) is 66.0 Å². The number of pyridine rings is 1. The average Bonchev–Trinajstić information content (AvgIpc) is 3.28. The van der Waals surface area contributed by atoms with Gasteiger partial charge in [-0.05, 0) is 44.2 Å². The van der Waals surface area contributed by atoms with E-state index < -0.39 is 0 Å². The number of ether oxygens (including phenoxy) is 1. The van der Waals surface area contributed by atoms with E-state index in [4.69, 9.17) is 4.74 Å². The minimum absolute atomic E-state index is 0.0386. The van der Waals surface area contributed by atoms with E-state index in [1.54, 1.807) is 0 Å². The predicted molar refractivity (Wildman–Crippen MR) is 106 cm³/mol. The zero-order chi connectivity index (χ0) is 19.5. The second-order valence-corrected chi connectivity index (χ2v) is 8.06. The number of hydrogen-bond donors (Lipinski definition) is 0. The molecular formula is C21H30N4O3. The number of carbonyl (C=O) groups is 2. The summed E-state index contributed by atoms with van der Waals surface area (Å²) in [5.41, 5.74) is 1.17. The molecule has 7 nitrogen and oxygen atoms in total. The number of aromatic nitrogens is 1. The van der Waals surface area contributed by atoms with Gasteiger partial charge >= 0.3 is 0 Å². The number of carbonyl (C=O) groups excluding carboxylic acids is 2. The molecule has 3 aliphatic heterocycles. The van der Waals surface area contributed by atoms with Crippen LogP contribution in [0, 0.1) is 12.8 Å². The highest BCUT2D eigenvalue weighted by Crippen LogP contribution is 2.24. The first-order valence-electron chi connectivity index (χ1n) is 10.5. The van der Waals surface area contributed by atoms with Crippen LogP contribution in [-0.4, -0.2) is 78.6 Å². The molecule has 7 heteroatoms. The van der Waals surface area contributed by atoms with E-state index in [0.29, 0.717) is 19.7 Å². The summed E-state index contributed by atoms with van der Waals surface area (Å²) in [4.78, 5) is 36.1. The zero-order valence-electron chi connectivity index (χ0n) is 16.7. The highest BCUT2D eigenvalue weighted by atomic mass is 16.5. The van der Waals surface area contributed by atoms with E-state index in [1.165, 1.54) is 5.56 Å². The van der Waals surface area contributed by atoms with Gasteiger partial charge in [0.2, 0.25) is 5.91 Å². The third kappa shape index (κ3) is 3.99. The number of rotatable bonds is 3. The molecule has 4 heterocycles. The summed E-state index contributed by atoms with van der Waals surface area (Å²) >= 11 is 0. The standard InChI is InChI=1S/C21H30N4O3/c1-16-4-2-8-22-19(16)23-11-13-25(14-12-23)20(26)17-6-9-24(10-7-17)21(27)18-5-3-15-28-18/h2,4,8,17-18H,3,5-7,9-15H2,1H3/t18-/m0/s1. The van der Waals surface area contributed by atoms with Crippen LogP contribution < -0.4 is 4.90 Å². The molecule has 0 spiro atoms. The molecule has 0 N–H and O–H groups in total. The van der Waals surface area contributed by atoms with Crippen LogP contribution in [0.15, 0.2) is 18.3 Å². The summed E-state index contributed by atoms with van der Waals surface area (Å²) in [6.07, 6.45) is 4.89. The van der Waals surface area contributed by atoms with Gasteiger partial charge in [-0.1, -0.05) is 6.07 Å². The number of amides is 2. The van der Waals surface area contributed by atoms with Crippen molar-refractivity contribution < 1.29 is 14.3 Å². The molecule has 0 bridgehead atoms. The molecule has 3 aliphatic rings. The van der Waals surface area contributed by atoms with Crippen LogP contribution in [0.5, 0.6) is 0 Å². The fourth-order valence-corrected chi connectivity index (χ4v) is 4.53. The maximum absolute atomic E-state index is 13.0. The van der Waals surface area contributed by atoms with E-state index in [9.17, 15) is 9.59 Å². The van der Waals surface area contributed by atoms with Crippen LogP contribution >= 0.6 is 0 Å². The fraction of sp³-hybridized carbons (Fsp3) is 0.667. The Bertz CT molecular complexity index is 703. The van der Waals surface area contributed by atoms with Gasteiger partial charge in [0.25, 0.3) is 5.91 Å². The molecule has 0 saturated carbocycles. The third-order valence-corrected chi connectivity index (χ3v) is 6.23. The first kappa shape index (κ1) is 19.2. The number of anilines is 1. The maximum Gasteiger partial charge on any atom is 0.251 e. The highest BCUT2D eigenvalue weighted by molar-refractivity contribution is 5.82. The molecule has 0 aromatic carbocycles. The molecule has 28 heavy (non-hydrogen) atoms. The Morgan fingerprint density at radius 2 is 1.71 bits per heavy atom. The molecule has 0 aliphatic carbocycles. The van der Waals surface area contributed by atoms with Crippen LogP contribution in [-0.2, 0) is 14.3 Å². The van der Waals surface area contributed by atoms with Gasteiger partial charge in [-0.3, -0.25) is 9.59 Å².